The lowest BCUT2D eigenvalue weighted by Crippen LogP contribution is -2.17. The molecule has 0 heterocycles. The van der Waals surface area contributed by atoms with Crippen molar-refractivity contribution in [1.82, 2.24) is 5.43 Å². The molecule has 4 nitrogen and oxygen atoms in total. The molecule has 0 aliphatic rings. The van der Waals surface area contributed by atoms with Gasteiger partial charge in [-0.1, -0.05) is 23.7 Å². The van der Waals surface area contributed by atoms with Crippen LogP contribution in [0.2, 0.25) is 5.02 Å². The maximum absolute atomic E-state index is 11.9. The van der Waals surface area contributed by atoms with Crippen LogP contribution in [0.3, 0.4) is 0 Å². The summed E-state index contributed by atoms with van der Waals surface area (Å²) in [6, 6.07) is 12.2. The Morgan fingerprint density at radius 1 is 1.33 bits per heavy atom. The third-order valence-corrected chi connectivity index (χ3v) is 3.50. The van der Waals surface area contributed by atoms with Crippen molar-refractivity contribution < 1.29 is 9.53 Å². The van der Waals surface area contributed by atoms with Gasteiger partial charge >= 0.3 is 0 Å². The fourth-order valence-electron chi connectivity index (χ4n) is 1.62. The number of rotatable bonds is 4. The van der Waals surface area contributed by atoms with Gasteiger partial charge < -0.3 is 4.74 Å². The van der Waals surface area contributed by atoms with Crippen LogP contribution in [0.15, 0.2) is 52.0 Å². The van der Waals surface area contributed by atoms with Crippen molar-refractivity contribution in [3.05, 3.63) is 63.1 Å². The van der Waals surface area contributed by atoms with Crippen LogP contribution in [0.5, 0.6) is 5.75 Å². The predicted octanol–water partition coefficient (Wildman–Crippen LogP) is 3.88. The lowest BCUT2D eigenvalue weighted by atomic mass is 10.2. The van der Waals surface area contributed by atoms with Gasteiger partial charge in [0.1, 0.15) is 5.75 Å². The molecule has 0 saturated heterocycles. The highest BCUT2D eigenvalue weighted by molar-refractivity contribution is 9.10. The number of nitrogens with one attached hydrogen (secondary N) is 1. The molecule has 108 valence electrons. The Balaban J connectivity index is 2.03. The summed E-state index contributed by atoms with van der Waals surface area (Å²) in [6.07, 6.45) is 1.53. The molecule has 1 amide bonds. The number of amides is 1. The monoisotopic (exact) mass is 366 g/mol. The van der Waals surface area contributed by atoms with Crippen molar-refractivity contribution in [2.24, 2.45) is 5.10 Å². The number of ether oxygens (including phenoxy) is 1. The standard InChI is InChI=1S/C15H12BrClN2O2/c1-21-14-6-5-11(8-13(14)16)15(20)19-18-9-10-3-2-4-12(17)7-10/h2-9H,1H3,(H,19,20)/b18-9+. The van der Waals surface area contributed by atoms with Crippen LogP contribution in [0.1, 0.15) is 15.9 Å². The lowest BCUT2D eigenvalue weighted by Gasteiger charge is -2.05. The van der Waals surface area contributed by atoms with Crippen LogP contribution in [-0.2, 0) is 0 Å². The smallest absolute Gasteiger partial charge is 0.271 e. The highest BCUT2D eigenvalue weighted by atomic mass is 79.9. The minimum atomic E-state index is -0.309. The molecule has 0 atom stereocenters. The van der Waals surface area contributed by atoms with Crippen molar-refractivity contribution in [2.75, 3.05) is 7.11 Å². The van der Waals surface area contributed by atoms with E-state index in [-0.39, 0.29) is 5.91 Å². The van der Waals surface area contributed by atoms with Crippen LogP contribution >= 0.6 is 27.5 Å². The SMILES string of the molecule is COc1ccc(C(=O)N/N=C/c2cccc(Cl)c2)cc1Br. The second kappa shape index (κ2) is 7.24. The van der Waals surface area contributed by atoms with Crippen molar-refractivity contribution in [2.45, 2.75) is 0 Å². The van der Waals surface area contributed by atoms with E-state index in [1.165, 1.54) is 6.21 Å². The number of nitrogens with zero attached hydrogens (tertiary/aromatic N) is 1. The molecule has 21 heavy (non-hydrogen) atoms. The van der Waals surface area contributed by atoms with Gasteiger partial charge in [-0.05, 0) is 51.8 Å². The predicted molar refractivity (Wildman–Crippen MR) is 87.2 cm³/mol. The number of hydrazone groups is 1. The van der Waals surface area contributed by atoms with E-state index in [1.54, 1.807) is 37.4 Å². The summed E-state index contributed by atoms with van der Waals surface area (Å²) in [6.45, 7) is 0. The second-order valence-electron chi connectivity index (χ2n) is 4.10. The van der Waals surface area contributed by atoms with Crippen molar-refractivity contribution in [3.63, 3.8) is 0 Å². The van der Waals surface area contributed by atoms with Gasteiger partial charge in [0.05, 0.1) is 17.8 Å². The molecule has 2 rings (SSSR count). The van der Waals surface area contributed by atoms with Gasteiger partial charge in [0.15, 0.2) is 0 Å². The first-order valence-corrected chi connectivity index (χ1v) is 7.20. The molecule has 0 aliphatic heterocycles. The molecule has 0 unspecified atom stereocenters. The number of benzene rings is 2. The fourth-order valence-corrected chi connectivity index (χ4v) is 2.36. The normalized spacial score (nSPS) is 10.6. The summed E-state index contributed by atoms with van der Waals surface area (Å²) in [4.78, 5) is 11.9. The molecule has 1 N–H and O–H groups in total. The van der Waals surface area contributed by atoms with E-state index in [9.17, 15) is 4.79 Å². The molecule has 2 aromatic carbocycles. The van der Waals surface area contributed by atoms with Crippen LogP contribution in [0.25, 0.3) is 0 Å². The molecule has 0 radical (unpaired) electrons. The summed E-state index contributed by atoms with van der Waals surface area (Å²) in [7, 11) is 1.56. The second-order valence-corrected chi connectivity index (χ2v) is 5.39. The van der Waals surface area contributed by atoms with E-state index >= 15 is 0 Å². The topological polar surface area (TPSA) is 50.7 Å². The van der Waals surface area contributed by atoms with E-state index < -0.39 is 0 Å². The molecular weight excluding hydrogens is 356 g/mol. The minimum Gasteiger partial charge on any atom is -0.496 e. The largest absolute Gasteiger partial charge is 0.496 e. The lowest BCUT2D eigenvalue weighted by molar-refractivity contribution is 0.0955. The molecular formula is C15H12BrClN2O2. The number of hydrogen-bond acceptors (Lipinski definition) is 3. The molecule has 0 aliphatic carbocycles. The van der Waals surface area contributed by atoms with E-state index in [0.717, 1.165) is 5.56 Å². The number of carbonyl (C=O) groups is 1. The van der Waals surface area contributed by atoms with Gasteiger partial charge in [-0.3, -0.25) is 4.79 Å². The molecule has 0 saturated carbocycles. The summed E-state index contributed by atoms with van der Waals surface area (Å²) in [5.74, 6) is 0.352. The Morgan fingerprint density at radius 3 is 2.81 bits per heavy atom. The Labute approximate surface area is 135 Å². The highest BCUT2D eigenvalue weighted by Gasteiger charge is 2.07. The van der Waals surface area contributed by atoms with Crippen LogP contribution in [-0.4, -0.2) is 19.2 Å². The Hall–Kier alpha value is -1.85. The van der Waals surface area contributed by atoms with Gasteiger partial charge in [0.2, 0.25) is 0 Å². The van der Waals surface area contributed by atoms with E-state index in [2.05, 4.69) is 26.5 Å². The molecule has 6 heteroatoms. The molecule has 0 fully saturated rings. The van der Waals surface area contributed by atoms with Crippen LogP contribution < -0.4 is 10.2 Å². The first-order valence-electron chi connectivity index (χ1n) is 6.02. The number of halogens is 2. The third kappa shape index (κ3) is 4.31. The third-order valence-electron chi connectivity index (χ3n) is 2.64. The van der Waals surface area contributed by atoms with Gasteiger partial charge in [-0.25, -0.2) is 5.43 Å². The quantitative estimate of drug-likeness (QED) is 0.659. The van der Waals surface area contributed by atoms with Crippen molar-refractivity contribution in [1.29, 1.82) is 0 Å². The molecule has 0 aromatic heterocycles. The zero-order valence-electron chi connectivity index (χ0n) is 11.1. The zero-order chi connectivity index (χ0) is 15.2. The highest BCUT2D eigenvalue weighted by Crippen LogP contribution is 2.25. The maximum Gasteiger partial charge on any atom is 0.271 e. The zero-order valence-corrected chi connectivity index (χ0v) is 13.5. The Bertz CT molecular complexity index is 689. The summed E-state index contributed by atoms with van der Waals surface area (Å²) in [5, 5.41) is 4.52. The fraction of sp³-hybridized carbons (Fsp3) is 0.0667. The number of carbonyl (C=O) groups excluding carboxylic acids is 1. The summed E-state index contributed by atoms with van der Waals surface area (Å²) in [5.41, 5.74) is 3.74. The maximum atomic E-state index is 11.9. The van der Waals surface area contributed by atoms with Gasteiger partial charge in [0, 0.05) is 10.6 Å². The van der Waals surface area contributed by atoms with E-state index in [4.69, 9.17) is 16.3 Å². The van der Waals surface area contributed by atoms with Crippen LogP contribution in [0, 0.1) is 0 Å². The first kappa shape index (κ1) is 15.5. The van der Waals surface area contributed by atoms with Gasteiger partial charge in [-0.2, -0.15) is 5.10 Å². The van der Waals surface area contributed by atoms with Crippen LogP contribution in [0.4, 0.5) is 0 Å². The number of methoxy groups -OCH3 is 1. The minimum absolute atomic E-state index is 0.309. The van der Waals surface area contributed by atoms with Crippen molar-refractivity contribution >= 4 is 39.7 Å². The molecule has 0 spiro atoms. The summed E-state index contributed by atoms with van der Waals surface area (Å²) < 4.78 is 5.81. The Morgan fingerprint density at radius 2 is 2.14 bits per heavy atom. The molecule has 0 bridgehead atoms. The number of hydrogen-bond donors (Lipinski definition) is 1. The molecule has 2 aromatic rings. The summed E-state index contributed by atoms with van der Waals surface area (Å²) >= 11 is 9.19. The average Bonchev–Trinajstić information content (AvgIpc) is 2.47. The van der Waals surface area contributed by atoms with E-state index in [0.29, 0.717) is 20.8 Å². The Kier molecular flexibility index (Phi) is 5.36. The van der Waals surface area contributed by atoms with Gasteiger partial charge in [0.25, 0.3) is 5.91 Å². The van der Waals surface area contributed by atoms with Gasteiger partial charge in [-0.15, -0.1) is 0 Å². The first-order chi connectivity index (χ1) is 10.1. The average molecular weight is 368 g/mol. The van der Waals surface area contributed by atoms with Crippen molar-refractivity contribution in [3.8, 4) is 5.75 Å². The van der Waals surface area contributed by atoms with E-state index in [1.807, 2.05) is 12.1 Å².